The van der Waals surface area contributed by atoms with E-state index in [0.29, 0.717) is 28.1 Å². The molecule has 0 aliphatic rings. The van der Waals surface area contributed by atoms with Crippen LogP contribution in [0.25, 0.3) is 16.8 Å². The van der Waals surface area contributed by atoms with Gasteiger partial charge in [-0.3, -0.25) is 4.79 Å². The number of fused-ring (bicyclic) bond motifs is 1. The van der Waals surface area contributed by atoms with Crippen molar-refractivity contribution >= 4 is 38.7 Å². The predicted octanol–water partition coefficient (Wildman–Crippen LogP) is 5.19. The van der Waals surface area contributed by atoms with E-state index >= 15 is 0 Å². The first kappa shape index (κ1) is 21.4. The standard InChI is InChI=1S/C24H21BrN2O3/c1-27(2)24(28)20(14-26)11-17-12-21(25)23(22(13-17)29-3)30-15-16-8-9-18-6-4-5-7-19(18)10-16/h4-13H,15H2,1-3H3/b20-11-. The Morgan fingerprint density at radius 2 is 1.87 bits per heavy atom. The average molecular weight is 465 g/mol. The minimum atomic E-state index is -0.357. The summed E-state index contributed by atoms with van der Waals surface area (Å²) in [4.78, 5) is 13.5. The zero-order valence-corrected chi connectivity index (χ0v) is 18.6. The lowest BCUT2D eigenvalue weighted by atomic mass is 10.1. The van der Waals surface area contributed by atoms with Gasteiger partial charge in [0.2, 0.25) is 0 Å². The number of carbonyl (C=O) groups is 1. The maximum atomic E-state index is 12.1. The summed E-state index contributed by atoms with van der Waals surface area (Å²) in [5, 5.41) is 11.6. The fraction of sp³-hybridized carbons (Fsp3) is 0.167. The molecule has 30 heavy (non-hydrogen) atoms. The van der Waals surface area contributed by atoms with Crippen LogP contribution in [0.3, 0.4) is 0 Å². The summed E-state index contributed by atoms with van der Waals surface area (Å²) in [5.41, 5.74) is 1.73. The maximum absolute atomic E-state index is 12.1. The first-order chi connectivity index (χ1) is 14.4. The molecule has 0 fully saturated rings. The molecule has 1 amide bonds. The molecule has 3 aromatic carbocycles. The van der Waals surface area contributed by atoms with Gasteiger partial charge in [-0.2, -0.15) is 5.26 Å². The topological polar surface area (TPSA) is 62.6 Å². The summed E-state index contributed by atoms with van der Waals surface area (Å²) >= 11 is 3.52. The Hall–Kier alpha value is -3.30. The summed E-state index contributed by atoms with van der Waals surface area (Å²) in [6.07, 6.45) is 1.53. The minimum Gasteiger partial charge on any atom is -0.493 e. The van der Waals surface area contributed by atoms with E-state index in [2.05, 4.69) is 40.2 Å². The van der Waals surface area contributed by atoms with Crippen LogP contribution in [0.1, 0.15) is 11.1 Å². The number of nitriles is 1. The molecule has 0 heterocycles. The van der Waals surface area contributed by atoms with Gasteiger partial charge in [0.15, 0.2) is 11.5 Å². The predicted molar refractivity (Wildman–Crippen MR) is 121 cm³/mol. The van der Waals surface area contributed by atoms with Crippen molar-refractivity contribution < 1.29 is 14.3 Å². The van der Waals surface area contributed by atoms with Crippen molar-refractivity contribution in [2.24, 2.45) is 0 Å². The van der Waals surface area contributed by atoms with Crippen LogP contribution < -0.4 is 9.47 Å². The van der Waals surface area contributed by atoms with E-state index < -0.39 is 0 Å². The fourth-order valence-corrected chi connectivity index (χ4v) is 3.57. The second-order valence-corrected chi connectivity index (χ2v) is 7.73. The fourth-order valence-electron chi connectivity index (χ4n) is 3.00. The third kappa shape index (κ3) is 4.81. The average Bonchev–Trinajstić information content (AvgIpc) is 2.75. The molecular formula is C24H21BrN2O3. The van der Waals surface area contributed by atoms with E-state index in [1.165, 1.54) is 16.4 Å². The van der Waals surface area contributed by atoms with Gasteiger partial charge >= 0.3 is 0 Å². The third-order valence-electron chi connectivity index (χ3n) is 4.52. The van der Waals surface area contributed by atoms with Crippen LogP contribution in [-0.4, -0.2) is 32.0 Å². The quantitative estimate of drug-likeness (QED) is 0.372. The third-order valence-corrected chi connectivity index (χ3v) is 5.11. The second kappa shape index (κ2) is 9.47. The number of hydrogen-bond acceptors (Lipinski definition) is 4. The molecule has 6 heteroatoms. The molecular weight excluding hydrogens is 444 g/mol. The Kier molecular flexibility index (Phi) is 6.76. The second-order valence-electron chi connectivity index (χ2n) is 6.87. The Balaban J connectivity index is 1.86. The van der Waals surface area contributed by atoms with E-state index in [-0.39, 0.29) is 11.5 Å². The molecule has 0 unspecified atom stereocenters. The molecule has 152 valence electrons. The summed E-state index contributed by atoms with van der Waals surface area (Å²) in [6, 6.07) is 19.8. The van der Waals surface area contributed by atoms with Gasteiger partial charge in [-0.05, 0) is 62.1 Å². The number of likely N-dealkylation sites (N-methyl/N-ethyl adjacent to an activating group) is 1. The Labute approximate surface area is 184 Å². The van der Waals surface area contributed by atoms with Crippen molar-refractivity contribution in [3.63, 3.8) is 0 Å². The van der Waals surface area contributed by atoms with E-state index in [1.807, 2.05) is 24.3 Å². The van der Waals surface area contributed by atoms with Crippen molar-refractivity contribution in [1.29, 1.82) is 5.26 Å². The molecule has 0 aliphatic carbocycles. The van der Waals surface area contributed by atoms with Gasteiger partial charge in [0, 0.05) is 14.1 Å². The van der Waals surface area contributed by atoms with Gasteiger partial charge in [-0.15, -0.1) is 0 Å². The SMILES string of the molecule is COc1cc(/C=C(/C#N)C(=O)N(C)C)cc(Br)c1OCc1ccc2ccccc2c1. The van der Waals surface area contributed by atoms with Crippen molar-refractivity contribution in [2.75, 3.05) is 21.2 Å². The van der Waals surface area contributed by atoms with E-state index in [1.54, 1.807) is 33.3 Å². The van der Waals surface area contributed by atoms with Crippen molar-refractivity contribution in [3.05, 3.63) is 75.8 Å². The van der Waals surface area contributed by atoms with Crippen molar-refractivity contribution in [1.82, 2.24) is 4.90 Å². The summed E-state index contributed by atoms with van der Waals surface area (Å²) in [6.45, 7) is 0.373. The number of nitrogens with zero attached hydrogens (tertiary/aromatic N) is 2. The van der Waals surface area contributed by atoms with Gasteiger partial charge < -0.3 is 14.4 Å². The van der Waals surface area contributed by atoms with Gasteiger partial charge in [0.1, 0.15) is 18.2 Å². The van der Waals surface area contributed by atoms with Crippen LogP contribution in [0.15, 0.2) is 64.6 Å². The highest BCUT2D eigenvalue weighted by Gasteiger charge is 2.15. The molecule has 0 aliphatic heterocycles. The molecule has 0 atom stereocenters. The number of rotatable bonds is 6. The molecule has 0 saturated carbocycles. The van der Waals surface area contributed by atoms with Gasteiger partial charge in [0.05, 0.1) is 11.6 Å². The molecule has 3 rings (SSSR count). The molecule has 0 saturated heterocycles. The van der Waals surface area contributed by atoms with Crippen LogP contribution in [0.5, 0.6) is 11.5 Å². The number of carbonyl (C=O) groups excluding carboxylic acids is 1. The maximum Gasteiger partial charge on any atom is 0.264 e. The largest absolute Gasteiger partial charge is 0.493 e. The van der Waals surface area contributed by atoms with Crippen LogP contribution in [0, 0.1) is 11.3 Å². The molecule has 3 aromatic rings. The van der Waals surface area contributed by atoms with Gasteiger partial charge in [0.25, 0.3) is 5.91 Å². The van der Waals surface area contributed by atoms with Crippen LogP contribution >= 0.6 is 15.9 Å². The van der Waals surface area contributed by atoms with E-state index in [0.717, 1.165) is 10.9 Å². The lowest BCUT2D eigenvalue weighted by Gasteiger charge is -2.14. The zero-order valence-electron chi connectivity index (χ0n) is 17.0. The smallest absolute Gasteiger partial charge is 0.264 e. The number of hydrogen-bond donors (Lipinski definition) is 0. The molecule has 0 aromatic heterocycles. The molecule has 0 bridgehead atoms. The lowest BCUT2D eigenvalue weighted by molar-refractivity contribution is -0.124. The number of methoxy groups -OCH3 is 1. The monoisotopic (exact) mass is 464 g/mol. The number of halogens is 1. The number of benzene rings is 3. The summed E-state index contributed by atoms with van der Waals surface area (Å²) in [7, 11) is 4.76. The zero-order chi connectivity index (χ0) is 21.7. The van der Waals surface area contributed by atoms with Crippen LogP contribution in [0.2, 0.25) is 0 Å². The Morgan fingerprint density at radius 1 is 1.13 bits per heavy atom. The Morgan fingerprint density at radius 3 is 2.53 bits per heavy atom. The highest BCUT2D eigenvalue weighted by molar-refractivity contribution is 9.10. The number of ether oxygens (including phenoxy) is 2. The highest BCUT2D eigenvalue weighted by Crippen LogP contribution is 2.38. The molecule has 0 spiro atoms. The molecule has 5 nitrogen and oxygen atoms in total. The minimum absolute atomic E-state index is 0.0405. The first-order valence-electron chi connectivity index (χ1n) is 9.24. The normalized spacial score (nSPS) is 11.1. The number of amides is 1. The van der Waals surface area contributed by atoms with Crippen LogP contribution in [-0.2, 0) is 11.4 Å². The molecule has 0 radical (unpaired) electrons. The van der Waals surface area contributed by atoms with Crippen molar-refractivity contribution in [2.45, 2.75) is 6.61 Å². The van der Waals surface area contributed by atoms with E-state index in [4.69, 9.17) is 9.47 Å². The van der Waals surface area contributed by atoms with Crippen molar-refractivity contribution in [3.8, 4) is 17.6 Å². The highest BCUT2D eigenvalue weighted by atomic mass is 79.9. The van der Waals surface area contributed by atoms with Gasteiger partial charge in [-0.1, -0.05) is 36.4 Å². The van der Waals surface area contributed by atoms with Crippen LogP contribution in [0.4, 0.5) is 0 Å². The van der Waals surface area contributed by atoms with E-state index in [9.17, 15) is 10.1 Å². The first-order valence-corrected chi connectivity index (χ1v) is 10.0. The molecule has 0 N–H and O–H groups in total. The Bertz CT molecular complexity index is 1160. The summed E-state index contributed by atoms with van der Waals surface area (Å²) in [5.74, 6) is 0.704. The lowest BCUT2D eigenvalue weighted by Crippen LogP contribution is -2.22. The summed E-state index contributed by atoms with van der Waals surface area (Å²) < 4.78 is 12.2. The van der Waals surface area contributed by atoms with Gasteiger partial charge in [-0.25, -0.2) is 0 Å².